The van der Waals surface area contributed by atoms with Gasteiger partial charge in [-0.25, -0.2) is 5.43 Å². The monoisotopic (exact) mass is 388 g/mol. The number of hydrogen-bond acceptors (Lipinski definition) is 4. The molecule has 3 rings (SSSR count). The van der Waals surface area contributed by atoms with Gasteiger partial charge in [-0.05, 0) is 35.4 Å². The highest BCUT2D eigenvalue weighted by molar-refractivity contribution is 5.85. The lowest BCUT2D eigenvalue weighted by Gasteiger charge is -2.26. The third-order valence-corrected chi connectivity index (χ3v) is 4.77. The Balaban J connectivity index is 1.54. The van der Waals surface area contributed by atoms with Gasteiger partial charge in [0.05, 0.1) is 6.21 Å². The van der Waals surface area contributed by atoms with Crippen LogP contribution in [0, 0.1) is 0 Å². The second-order valence-corrected chi connectivity index (χ2v) is 7.16. The van der Waals surface area contributed by atoms with E-state index in [-0.39, 0.29) is 23.7 Å². The van der Waals surface area contributed by atoms with E-state index in [0.717, 1.165) is 5.56 Å². The number of hydrazone groups is 1. The van der Waals surface area contributed by atoms with E-state index in [1.54, 1.807) is 24.3 Å². The number of rotatable bonds is 7. The van der Waals surface area contributed by atoms with Crippen molar-refractivity contribution in [1.82, 2.24) is 5.43 Å². The van der Waals surface area contributed by atoms with Gasteiger partial charge in [-0.1, -0.05) is 68.4 Å². The van der Waals surface area contributed by atoms with E-state index in [1.165, 1.54) is 11.8 Å². The number of para-hydroxylation sites is 1. The predicted octanol–water partition coefficient (Wildman–Crippen LogP) is 4.25. The molecular formula is C24H24N2O3. The van der Waals surface area contributed by atoms with Crippen LogP contribution < -0.4 is 10.2 Å². The number of hydrogen-bond donors (Lipinski definition) is 2. The number of carbonyl (C=O) groups excluding carboxylic acids is 1. The van der Waals surface area contributed by atoms with Crippen molar-refractivity contribution in [3.05, 3.63) is 95.6 Å². The van der Waals surface area contributed by atoms with Crippen LogP contribution in [-0.4, -0.2) is 23.8 Å². The normalized spacial score (nSPS) is 11.4. The summed E-state index contributed by atoms with van der Waals surface area (Å²) in [6.07, 6.45) is 1.38. The summed E-state index contributed by atoms with van der Waals surface area (Å²) in [6.45, 7) is 4.20. The van der Waals surface area contributed by atoms with Crippen LogP contribution >= 0.6 is 0 Å². The zero-order valence-corrected chi connectivity index (χ0v) is 16.5. The maximum Gasteiger partial charge on any atom is 0.277 e. The molecule has 148 valence electrons. The molecule has 3 aromatic rings. The molecule has 1 amide bonds. The maximum absolute atomic E-state index is 11.9. The lowest BCUT2D eigenvalue weighted by Crippen LogP contribution is -2.24. The van der Waals surface area contributed by atoms with E-state index in [1.807, 2.05) is 42.5 Å². The molecule has 3 aromatic carbocycles. The third kappa shape index (κ3) is 5.23. The lowest BCUT2D eigenvalue weighted by atomic mass is 9.78. The number of aromatic hydroxyl groups is 1. The largest absolute Gasteiger partial charge is 0.507 e. The van der Waals surface area contributed by atoms with Crippen LogP contribution in [0.1, 0.15) is 30.5 Å². The second-order valence-electron chi connectivity index (χ2n) is 7.16. The first-order chi connectivity index (χ1) is 14.0. The summed E-state index contributed by atoms with van der Waals surface area (Å²) >= 11 is 0. The molecule has 0 saturated carbocycles. The average molecular weight is 388 g/mol. The van der Waals surface area contributed by atoms with Gasteiger partial charge in [0.25, 0.3) is 5.91 Å². The minimum atomic E-state index is -0.384. The van der Waals surface area contributed by atoms with Gasteiger partial charge in [-0.2, -0.15) is 5.10 Å². The molecule has 0 saturated heterocycles. The molecule has 0 aliphatic rings. The van der Waals surface area contributed by atoms with Crippen molar-refractivity contribution in [2.24, 2.45) is 5.10 Å². The predicted molar refractivity (Wildman–Crippen MR) is 114 cm³/mol. The topological polar surface area (TPSA) is 70.9 Å². The quantitative estimate of drug-likeness (QED) is 0.470. The first-order valence-corrected chi connectivity index (χ1v) is 9.35. The highest BCUT2D eigenvalue weighted by atomic mass is 16.5. The minimum absolute atomic E-state index is 0.0975. The summed E-state index contributed by atoms with van der Waals surface area (Å²) in [4.78, 5) is 11.9. The van der Waals surface area contributed by atoms with Crippen LogP contribution in [0.25, 0.3) is 0 Å². The number of phenolic OH excluding ortho intramolecular Hbond substituents is 1. The first-order valence-electron chi connectivity index (χ1n) is 9.35. The van der Waals surface area contributed by atoms with Gasteiger partial charge in [0.1, 0.15) is 11.5 Å². The van der Waals surface area contributed by atoms with Crippen molar-refractivity contribution in [3.8, 4) is 11.5 Å². The van der Waals surface area contributed by atoms with Gasteiger partial charge in [0, 0.05) is 11.0 Å². The highest BCUT2D eigenvalue weighted by Crippen LogP contribution is 2.32. The summed E-state index contributed by atoms with van der Waals surface area (Å²) in [5.74, 6) is 0.322. The highest BCUT2D eigenvalue weighted by Gasteiger charge is 2.22. The van der Waals surface area contributed by atoms with Crippen molar-refractivity contribution in [1.29, 1.82) is 0 Å². The fourth-order valence-corrected chi connectivity index (χ4v) is 2.94. The molecule has 0 aromatic heterocycles. The SMILES string of the molecule is CC(C)(c1ccccc1)c1ccc(OCC(=O)NN=Cc2ccccc2O)cc1. The second kappa shape index (κ2) is 9.06. The van der Waals surface area contributed by atoms with Crippen LogP contribution in [-0.2, 0) is 10.2 Å². The van der Waals surface area contributed by atoms with Gasteiger partial charge in [-0.3, -0.25) is 4.79 Å². The van der Waals surface area contributed by atoms with Crippen molar-refractivity contribution in [3.63, 3.8) is 0 Å². The third-order valence-electron chi connectivity index (χ3n) is 4.77. The first kappa shape index (κ1) is 20.1. The van der Waals surface area contributed by atoms with Crippen LogP contribution in [0.15, 0.2) is 84.0 Å². The maximum atomic E-state index is 11.9. The van der Waals surface area contributed by atoms with Crippen molar-refractivity contribution >= 4 is 12.1 Å². The van der Waals surface area contributed by atoms with Crippen LogP contribution in [0.2, 0.25) is 0 Å². The summed E-state index contributed by atoms with van der Waals surface area (Å²) in [7, 11) is 0. The Morgan fingerprint density at radius 1 is 0.966 bits per heavy atom. The molecule has 0 fully saturated rings. The van der Waals surface area contributed by atoms with E-state index in [2.05, 4.69) is 36.5 Å². The van der Waals surface area contributed by atoms with Crippen molar-refractivity contribution in [2.45, 2.75) is 19.3 Å². The molecule has 0 radical (unpaired) electrons. The summed E-state index contributed by atoms with van der Waals surface area (Å²) in [6, 6.07) is 24.8. The van der Waals surface area contributed by atoms with E-state index in [0.29, 0.717) is 11.3 Å². The summed E-state index contributed by atoms with van der Waals surface area (Å²) < 4.78 is 5.53. The number of phenols is 1. The van der Waals surface area contributed by atoms with Crippen LogP contribution in [0.4, 0.5) is 0 Å². The molecule has 0 bridgehead atoms. The lowest BCUT2D eigenvalue weighted by molar-refractivity contribution is -0.123. The number of ether oxygens (including phenoxy) is 1. The van der Waals surface area contributed by atoms with Gasteiger partial charge in [0.15, 0.2) is 6.61 Å². The molecule has 0 aliphatic heterocycles. The van der Waals surface area contributed by atoms with Crippen molar-refractivity contribution < 1.29 is 14.6 Å². The molecular weight excluding hydrogens is 364 g/mol. The fourth-order valence-electron chi connectivity index (χ4n) is 2.94. The van der Waals surface area contributed by atoms with E-state index < -0.39 is 0 Å². The van der Waals surface area contributed by atoms with E-state index in [9.17, 15) is 9.90 Å². The van der Waals surface area contributed by atoms with Crippen LogP contribution in [0.3, 0.4) is 0 Å². The molecule has 5 heteroatoms. The number of benzene rings is 3. The molecule has 0 aliphatic carbocycles. The zero-order valence-electron chi connectivity index (χ0n) is 16.5. The number of nitrogens with one attached hydrogen (secondary N) is 1. The number of amides is 1. The molecule has 5 nitrogen and oxygen atoms in total. The summed E-state index contributed by atoms with van der Waals surface area (Å²) in [5, 5.41) is 13.5. The number of nitrogens with zero attached hydrogens (tertiary/aromatic N) is 1. The van der Waals surface area contributed by atoms with E-state index >= 15 is 0 Å². The molecule has 0 heterocycles. The van der Waals surface area contributed by atoms with Gasteiger partial charge < -0.3 is 9.84 Å². The Kier molecular flexibility index (Phi) is 6.29. The molecule has 0 unspecified atom stereocenters. The smallest absolute Gasteiger partial charge is 0.277 e. The number of carbonyl (C=O) groups is 1. The minimum Gasteiger partial charge on any atom is -0.507 e. The van der Waals surface area contributed by atoms with Gasteiger partial charge in [0.2, 0.25) is 0 Å². The fraction of sp³-hybridized carbons (Fsp3) is 0.167. The Labute approximate surface area is 170 Å². The Bertz CT molecular complexity index is 981. The Morgan fingerprint density at radius 2 is 1.59 bits per heavy atom. The average Bonchev–Trinajstić information content (AvgIpc) is 2.74. The molecule has 0 atom stereocenters. The Hall–Kier alpha value is -3.60. The standard InChI is InChI=1S/C24H24N2O3/c1-24(2,19-9-4-3-5-10-19)20-12-14-21(15-13-20)29-17-23(28)26-25-16-18-8-6-7-11-22(18)27/h3-16,27H,17H2,1-2H3,(H,26,28). The summed E-state index contributed by atoms with van der Waals surface area (Å²) in [5.41, 5.74) is 5.16. The van der Waals surface area contributed by atoms with Crippen LogP contribution in [0.5, 0.6) is 11.5 Å². The molecule has 0 spiro atoms. The zero-order chi connectivity index (χ0) is 20.7. The van der Waals surface area contributed by atoms with Gasteiger partial charge >= 0.3 is 0 Å². The van der Waals surface area contributed by atoms with Crippen molar-refractivity contribution in [2.75, 3.05) is 6.61 Å². The Morgan fingerprint density at radius 3 is 2.28 bits per heavy atom. The van der Waals surface area contributed by atoms with E-state index in [4.69, 9.17) is 4.74 Å². The van der Waals surface area contributed by atoms with Gasteiger partial charge in [-0.15, -0.1) is 0 Å². The molecule has 2 N–H and O–H groups in total. The molecule has 29 heavy (non-hydrogen) atoms.